The predicted molar refractivity (Wildman–Crippen MR) is 66.8 cm³/mol. The Morgan fingerprint density at radius 1 is 1.47 bits per heavy atom. The molecule has 0 aromatic carbocycles. The van der Waals surface area contributed by atoms with Crippen LogP contribution in [-0.2, 0) is 4.74 Å². The number of aliphatic hydroxyl groups excluding tert-OH is 1. The van der Waals surface area contributed by atoms with Gasteiger partial charge in [-0.3, -0.25) is 0 Å². The number of hydrogen-bond donors (Lipinski definition) is 1. The van der Waals surface area contributed by atoms with Gasteiger partial charge in [-0.25, -0.2) is 4.79 Å². The fourth-order valence-corrected chi connectivity index (χ4v) is 2.20. The van der Waals surface area contributed by atoms with Gasteiger partial charge in [-0.05, 0) is 39.5 Å². The van der Waals surface area contributed by atoms with Gasteiger partial charge < -0.3 is 14.7 Å². The van der Waals surface area contributed by atoms with Crippen molar-refractivity contribution in [3.8, 4) is 0 Å². The van der Waals surface area contributed by atoms with E-state index in [4.69, 9.17) is 4.74 Å². The van der Waals surface area contributed by atoms with Crippen LogP contribution in [0, 0.1) is 5.92 Å². The van der Waals surface area contributed by atoms with Crippen LogP contribution in [0.25, 0.3) is 0 Å². The summed E-state index contributed by atoms with van der Waals surface area (Å²) >= 11 is 0. The van der Waals surface area contributed by atoms with Crippen LogP contribution < -0.4 is 0 Å². The lowest BCUT2D eigenvalue weighted by Crippen LogP contribution is -2.40. The third-order valence-electron chi connectivity index (χ3n) is 2.76. The number of nitrogens with zero attached hydrogens (tertiary/aromatic N) is 1. The number of carbonyl (C=O) groups excluding carboxylic acids is 1. The lowest BCUT2D eigenvalue weighted by molar-refractivity contribution is 0.0195. The van der Waals surface area contributed by atoms with E-state index in [1.807, 2.05) is 20.8 Å². The maximum absolute atomic E-state index is 12.0. The van der Waals surface area contributed by atoms with E-state index in [1.165, 1.54) is 0 Å². The Bertz CT molecular complexity index is 270. The average Bonchev–Trinajstić information content (AvgIpc) is 2.42. The van der Waals surface area contributed by atoms with E-state index >= 15 is 0 Å². The summed E-state index contributed by atoms with van der Waals surface area (Å²) in [6, 6.07) is 0.111. The highest BCUT2D eigenvalue weighted by Crippen LogP contribution is 2.25. The van der Waals surface area contributed by atoms with Crippen LogP contribution in [0.1, 0.15) is 47.5 Å². The summed E-state index contributed by atoms with van der Waals surface area (Å²) in [5, 5.41) is 9.68. The number of hydrogen-bond acceptors (Lipinski definition) is 3. The Kier molecular flexibility index (Phi) is 4.42. The number of aliphatic hydroxyl groups is 1. The maximum atomic E-state index is 12.0. The van der Waals surface area contributed by atoms with E-state index < -0.39 is 11.7 Å². The highest BCUT2D eigenvalue weighted by atomic mass is 16.6. The quantitative estimate of drug-likeness (QED) is 0.810. The van der Waals surface area contributed by atoms with Crippen molar-refractivity contribution >= 4 is 6.09 Å². The molecule has 2 atom stereocenters. The minimum absolute atomic E-state index is 0.111. The SMILES string of the molecule is CC(C)C[C@@H]1C[C@H](O)CN1C(=O)OC(C)(C)C. The summed E-state index contributed by atoms with van der Waals surface area (Å²) in [6.07, 6.45) is 0.860. The summed E-state index contributed by atoms with van der Waals surface area (Å²) in [5.74, 6) is 0.509. The van der Waals surface area contributed by atoms with E-state index in [-0.39, 0.29) is 12.1 Å². The first kappa shape index (κ1) is 14.3. The zero-order valence-electron chi connectivity index (χ0n) is 11.6. The van der Waals surface area contributed by atoms with Gasteiger partial charge in [-0.1, -0.05) is 13.8 Å². The van der Waals surface area contributed by atoms with E-state index in [1.54, 1.807) is 4.90 Å². The van der Waals surface area contributed by atoms with Crippen molar-refractivity contribution in [2.45, 2.75) is 65.2 Å². The van der Waals surface area contributed by atoms with Gasteiger partial charge in [0.25, 0.3) is 0 Å². The number of carbonyl (C=O) groups is 1. The molecule has 0 aliphatic carbocycles. The molecule has 1 heterocycles. The second-order valence-electron chi connectivity index (χ2n) is 6.31. The molecule has 0 aromatic rings. The van der Waals surface area contributed by atoms with Gasteiger partial charge in [0, 0.05) is 6.04 Å². The summed E-state index contributed by atoms with van der Waals surface area (Å²) in [6.45, 7) is 10.2. The van der Waals surface area contributed by atoms with Crippen LogP contribution in [0.4, 0.5) is 4.79 Å². The fraction of sp³-hybridized carbons (Fsp3) is 0.923. The first-order valence-electron chi connectivity index (χ1n) is 6.36. The van der Waals surface area contributed by atoms with Crippen molar-refractivity contribution in [3.63, 3.8) is 0 Å². The molecule has 1 rings (SSSR count). The van der Waals surface area contributed by atoms with E-state index in [2.05, 4.69) is 13.8 Å². The molecule has 4 nitrogen and oxygen atoms in total. The molecule has 0 aromatic heterocycles. The van der Waals surface area contributed by atoms with Gasteiger partial charge in [0.05, 0.1) is 12.6 Å². The molecule has 0 radical (unpaired) electrons. The molecular formula is C13H25NO3. The average molecular weight is 243 g/mol. The Hall–Kier alpha value is -0.770. The Labute approximate surface area is 104 Å². The molecule has 4 heteroatoms. The zero-order valence-corrected chi connectivity index (χ0v) is 11.6. The van der Waals surface area contributed by atoms with Crippen molar-refractivity contribution < 1.29 is 14.6 Å². The van der Waals surface area contributed by atoms with Gasteiger partial charge in [0.15, 0.2) is 0 Å². The molecule has 1 aliphatic heterocycles. The largest absolute Gasteiger partial charge is 0.444 e. The van der Waals surface area contributed by atoms with Crippen LogP contribution in [0.3, 0.4) is 0 Å². The molecule has 100 valence electrons. The third-order valence-corrected chi connectivity index (χ3v) is 2.76. The zero-order chi connectivity index (χ0) is 13.2. The highest BCUT2D eigenvalue weighted by molar-refractivity contribution is 5.69. The van der Waals surface area contributed by atoms with Gasteiger partial charge in [-0.2, -0.15) is 0 Å². The number of likely N-dealkylation sites (tertiary alicyclic amines) is 1. The summed E-state index contributed by atoms with van der Waals surface area (Å²) in [4.78, 5) is 13.7. The standard InChI is InChI=1S/C13H25NO3/c1-9(2)6-10-7-11(15)8-14(10)12(16)17-13(3,4)5/h9-11,15H,6-8H2,1-5H3/t10-,11+/m1/s1. The van der Waals surface area contributed by atoms with Crippen LogP contribution in [0.5, 0.6) is 0 Å². The maximum Gasteiger partial charge on any atom is 0.410 e. The van der Waals surface area contributed by atoms with Crippen LogP contribution in [0.2, 0.25) is 0 Å². The van der Waals surface area contributed by atoms with Crippen molar-refractivity contribution in [2.75, 3.05) is 6.54 Å². The van der Waals surface area contributed by atoms with Crippen molar-refractivity contribution in [1.29, 1.82) is 0 Å². The highest BCUT2D eigenvalue weighted by Gasteiger charge is 2.36. The molecule has 0 spiro atoms. The lowest BCUT2D eigenvalue weighted by atomic mass is 10.0. The summed E-state index contributed by atoms with van der Waals surface area (Å²) in [5.41, 5.74) is -0.479. The number of β-amino-alcohol motifs (C(OH)–C–C–N with tert-alkyl or cyclic N) is 1. The van der Waals surface area contributed by atoms with Gasteiger partial charge in [-0.15, -0.1) is 0 Å². The molecule has 0 unspecified atom stereocenters. The molecule has 17 heavy (non-hydrogen) atoms. The molecule has 1 amide bonds. The van der Waals surface area contributed by atoms with Crippen molar-refractivity contribution in [1.82, 2.24) is 4.90 Å². The fourth-order valence-electron chi connectivity index (χ4n) is 2.20. The first-order valence-corrected chi connectivity index (χ1v) is 6.36. The van der Waals surface area contributed by atoms with Crippen molar-refractivity contribution in [3.05, 3.63) is 0 Å². The minimum Gasteiger partial charge on any atom is -0.444 e. The molecule has 1 aliphatic rings. The predicted octanol–water partition coefficient (Wildman–Crippen LogP) is 2.40. The third kappa shape index (κ3) is 4.54. The smallest absolute Gasteiger partial charge is 0.410 e. The molecule has 0 bridgehead atoms. The number of amides is 1. The Balaban J connectivity index is 2.63. The first-order chi connectivity index (χ1) is 7.69. The second kappa shape index (κ2) is 5.25. The Morgan fingerprint density at radius 3 is 2.53 bits per heavy atom. The molecule has 1 saturated heterocycles. The second-order valence-corrected chi connectivity index (χ2v) is 6.31. The summed E-state index contributed by atoms with van der Waals surface area (Å²) < 4.78 is 5.36. The number of ether oxygens (including phenoxy) is 1. The topological polar surface area (TPSA) is 49.8 Å². The van der Waals surface area contributed by atoms with Crippen molar-refractivity contribution in [2.24, 2.45) is 5.92 Å². The molecule has 1 fully saturated rings. The minimum atomic E-state index is -0.479. The number of rotatable bonds is 2. The van der Waals surface area contributed by atoms with E-state index in [9.17, 15) is 9.90 Å². The van der Waals surface area contributed by atoms with Gasteiger partial charge in [0.2, 0.25) is 0 Å². The normalized spacial score (nSPS) is 25.5. The summed E-state index contributed by atoms with van der Waals surface area (Å²) in [7, 11) is 0. The van der Waals surface area contributed by atoms with E-state index in [0.717, 1.165) is 6.42 Å². The van der Waals surface area contributed by atoms with Gasteiger partial charge >= 0.3 is 6.09 Å². The van der Waals surface area contributed by atoms with Crippen LogP contribution in [-0.4, -0.2) is 40.4 Å². The van der Waals surface area contributed by atoms with Crippen LogP contribution >= 0.6 is 0 Å². The van der Waals surface area contributed by atoms with Crippen LogP contribution in [0.15, 0.2) is 0 Å². The monoisotopic (exact) mass is 243 g/mol. The van der Waals surface area contributed by atoms with E-state index in [0.29, 0.717) is 18.9 Å². The lowest BCUT2D eigenvalue weighted by Gasteiger charge is -2.29. The van der Waals surface area contributed by atoms with Gasteiger partial charge in [0.1, 0.15) is 5.60 Å². The molecule has 0 saturated carbocycles. The Morgan fingerprint density at radius 2 is 2.06 bits per heavy atom. The molecule has 1 N–H and O–H groups in total. The molecular weight excluding hydrogens is 218 g/mol.